The van der Waals surface area contributed by atoms with E-state index in [1.165, 1.54) is 12.7 Å². The monoisotopic (exact) mass is 374 g/mol. The number of carbonyl (C=O) groups excluding carboxylic acids is 1. The Balaban J connectivity index is 1.75. The first kappa shape index (κ1) is 15.9. The zero-order valence-electron chi connectivity index (χ0n) is 13.0. The standard InChI is InChI=1S/C17H19BrN4O/c1-12-4-3-7-22(10-12)16-9-15(19-11-20-16)17(23)21-14-6-2-5-13(18)8-14/h2,5-6,8-9,11-12H,3-4,7,10H2,1H3,(H,21,23). The lowest BCUT2D eigenvalue weighted by molar-refractivity contribution is 0.102. The Kier molecular flexibility index (Phi) is 4.91. The average Bonchev–Trinajstić information content (AvgIpc) is 2.55. The topological polar surface area (TPSA) is 58.1 Å². The van der Waals surface area contributed by atoms with Gasteiger partial charge in [-0.2, -0.15) is 0 Å². The summed E-state index contributed by atoms with van der Waals surface area (Å²) in [6.07, 6.45) is 3.87. The lowest BCUT2D eigenvalue weighted by atomic mass is 10.0. The summed E-state index contributed by atoms with van der Waals surface area (Å²) in [5.41, 5.74) is 1.12. The van der Waals surface area contributed by atoms with Crippen LogP contribution in [0.3, 0.4) is 0 Å². The van der Waals surface area contributed by atoms with E-state index in [2.05, 4.69) is 43.0 Å². The maximum atomic E-state index is 12.4. The maximum absolute atomic E-state index is 12.4. The zero-order valence-corrected chi connectivity index (χ0v) is 14.6. The van der Waals surface area contributed by atoms with Gasteiger partial charge < -0.3 is 10.2 Å². The SMILES string of the molecule is CC1CCCN(c2cc(C(=O)Nc3cccc(Br)c3)ncn2)C1. The predicted octanol–water partition coefficient (Wildman–Crippen LogP) is 3.73. The van der Waals surface area contributed by atoms with Crippen LogP contribution in [-0.4, -0.2) is 29.0 Å². The molecule has 0 radical (unpaired) electrons. The Hall–Kier alpha value is -1.95. The largest absolute Gasteiger partial charge is 0.356 e. The molecule has 1 aliphatic heterocycles. The number of hydrogen-bond acceptors (Lipinski definition) is 4. The second-order valence-corrected chi connectivity index (χ2v) is 6.84. The van der Waals surface area contributed by atoms with Crippen LogP contribution >= 0.6 is 15.9 Å². The molecule has 5 nitrogen and oxygen atoms in total. The number of rotatable bonds is 3. The van der Waals surface area contributed by atoms with Gasteiger partial charge in [0.1, 0.15) is 17.8 Å². The first-order chi connectivity index (χ1) is 11.1. The van der Waals surface area contributed by atoms with E-state index in [-0.39, 0.29) is 5.91 Å². The highest BCUT2D eigenvalue weighted by Crippen LogP contribution is 2.22. The van der Waals surface area contributed by atoms with Crippen LogP contribution in [0.5, 0.6) is 0 Å². The predicted molar refractivity (Wildman–Crippen MR) is 94.7 cm³/mol. The summed E-state index contributed by atoms with van der Waals surface area (Å²) in [7, 11) is 0. The summed E-state index contributed by atoms with van der Waals surface area (Å²) in [5, 5.41) is 2.86. The van der Waals surface area contributed by atoms with Crippen LogP contribution in [0.15, 0.2) is 41.1 Å². The molecule has 1 N–H and O–H groups in total. The molecule has 120 valence electrons. The summed E-state index contributed by atoms with van der Waals surface area (Å²) in [6.45, 7) is 4.20. The molecule has 1 fully saturated rings. The molecule has 6 heteroatoms. The average molecular weight is 375 g/mol. The highest BCUT2D eigenvalue weighted by atomic mass is 79.9. The van der Waals surface area contributed by atoms with Crippen LogP contribution in [0.2, 0.25) is 0 Å². The minimum absolute atomic E-state index is 0.225. The molecule has 1 unspecified atom stereocenters. The number of carbonyl (C=O) groups is 1. The molecule has 1 aromatic heterocycles. The molecule has 1 aliphatic rings. The van der Waals surface area contributed by atoms with Gasteiger partial charge >= 0.3 is 0 Å². The van der Waals surface area contributed by atoms with E-state index in [9.17, 15) is 4.79 Å². The Morgan fingerprint density at radius 2 is 2.22 bits per heavy atom. The quantitative estimate of drug-likeness (QED) is 0.888. The summed E-state index contributed by atoms with van der Waals surface area (Å²) >= 11 is 3.39. The number of aromatic nitrogens is 2. The van der Waals surface area contributed by atoms with Crippen molar-refractivity contribution in [1.82, 2.24) is 9.97 Å². The van der Waals surface area contributed by atoms with Crippen molar-refractivity contribution in [2.75, 3.05) is 23.3 Å². The highest BCUT2D eigenvalue weighted by Gasteiger charge is 2.19. The van der Waals surface area contributed by atoms with Crippen molar-refractivity contribution in [3.8, 4) is 0 Å². The Morgan fingerprint density at radius 1 is 1.35 bits per heavy atom. The Morgan fingerprint density at radius 3 is 3.00 bits per heavy atom. The number of anilines is 2. The summed E-state index contributed by atoms with van der Waals surface area (Å²) < 4.78 is 0.918. The number of amides is 1. The van der Waals surface area contributed by atoms with Gasteiger partial charge in [0.2, 0.25) is 0 Å². The molecule has 2 aromatic rings. The molecule has 2 heterocycles. The number of hydrogen-bond donors (Lipinski definition) is 1. The number of halogens is 1. The molecular formula is C17H19BrN4O. The molecule has 1 atom stereocenters. The molecule has 0 aliphatic carbocycles. The van der Waals surface area contributed by atoms with Crippen LogP contribution in [0.4, 0.5) is 11.5 Å². The van der Waals surface area contributed by atoms with E-state index >= 15 is 0 Å². The fourth-order valence-electron chi connectivity index (χ4n) is 2.80. The van der Waals surface area contributed by atoms with E-state index in [0.717, 1.165) is 35.5 Å². The normalized spacial score (nSPS) is 17.8. The maximum Gasteiger partial charge on any atom is 0.274 e. The van der Waals surface area contributed by atoms with Crippen LogP contribution in [-0.2, 0) is 0 Å². The van der Waals surface area contributed by atoms with Gasteiger partial charge in [-0.25, -0.2) is 9.97 Å². The molecular weight excluding hydrogens is 356 g/mol. The third-order valence-corrected chi connectivity index (χ3v) is 4.44. The van der Waals surface area contributed by atoms with Gasteiger partial charge in [0, 0.05) is 29.3 Å². The van der Waals surface area contributed by atoms with Gasteiger partial charge in [0.15, 0.2) is 0 Å². The van der Waals surface area contributed by atoms with Crippen LogP contribution in [0.25, 0.3) is 0 Å². The second-order valence-electron chi connectivity index (χ2n) is 5.92. The first-order valence-corrected chi connectivity index (χ1v) is 8.55. The first-order valence-electron chi connectivity index (χ1n) is 7.76. The van der Waals surface area contributed by atoms with Crippen molar-refractivity contribution in [3.05, 3.63) is 46.8 Å². The lowest BCUT2D eigenvalue weighted by Gasteiger charge is -2.31. The van der Waals surface area contributed by atoms with Crippen LogP contribution < -0.4 is 10.2 Å². The summed E-state index contributed by atoms with van der Waals surface area (Å²) in [4.78, 5) is 23.1. The van der Waals surface area contributed by atoms with Gasteiger partial charge in [0.25, 0.3) is 5.91 Å². The zero-order chi connectivity index (χ0) is 16.2. The van der Waals surface area contributed by atoms with Crippen molar-refractivity contribution < 1.29 is 4.79 Å². The molecule has 0 bridgehead atoms. The van der Waals surface area contributed by atoms with Gasteiger partial charge in [-0.1, -0.05) is 28.9 Å². The fraction of sp³-hybridized carbons (Fsp3) is 0.353. The number of benzene rings is 1. The number of piperidine rings is 1. The van der Waals surface area contributed by atoms with Gasteiger partial charge in [-0.15, -0.1) is 0 Å². The molecule has 0 spiro atoms. The number of nitrogens with one attached hydrogen (secondary N) is 1. The third-order valence-electron chi connectivity index (χ3n) is 3.95. The van der Waals surface area contributed by atoms with Crippen molar-refractivity contribution in [1.29, 1.82) is 0 Å². The minimum Gasteiger partial charge on any atom is -0.356 e. The van der Waals surface area contributed by atoms with E-state index in [1.54, 1.807) is 6.07 Å². The molecule has 23 heavy (non-hydrogen) atoms. The van der Waals surface area contributed by atoms with E-state index in [0.29, 0.717) is 11.6 Å². The van der Waals surface area contributed by atoms with Crippen LogP contribution in [0.1, 0.15) is 30.3 Å². The summed E-state index contributed by atoms with van der Waals surface area (Å²) in [5.74, 6) is 1.25. The van der Waals surface area contributed by atoms with E-state index in [4.69, 9.17) is 0 Å². The van der Waals surface area contributed by atoms with Crippen molar-refractivity contribution in [3.63, 3.8) is 0 Å². The molecule has 1 amide bonds. The van der Waals surface area contributed by atoms with Crippen molar-refractivity contribution in [2.45, 2.75) is 19.8 Å². The molecule has 3 rings (SSSR count). The van der Waals surface area contributed by atoms with Gasteiger partial charge in [0.05, 0.1) is 0 Å². The number of nitrogens with zero attached hydrogens (tertiary/aromatic N) is 3. The third kappa shape index (κ3) is 4.07. The second kappa shape index (κ2) is 7.08. The van der Waals surface area contributed by atoms with Crippen molar-refractivity contribution >= 4 is 33.3 Å². The Labute approximate surface area is 144 Å². The van der Waals surface area contributed by atoms with Gasteiger partial charge in [-0.05, 0) is 37.0 Å². The lowest BCUT2D eigenvalue weighted by Crippen LogP contribution is -2.35. The van der Waals surface area contributed by atoms with Crippen LogP contribution in [0, 0.1) is 5.92 Å². The molecule has 1 aromatic carbocycles. The van der Waals surface area contributed by atoms with Gasteiger partial charge in [-0.3, -0.25) is 4.79 Å². The Bertz CT molecular complexity index is 706. The summed E-state index contributed by atoms with van der Waals surface area (Å²) in [6, 6.07) is 9.25. The molecule has 1 saturated heterocycles. The fourth-order valence-corrected chi connectivity index (χ4v) is 3.20. The van der Waals surface area contributed by atoms with E-state index in [1.807, 2.05) is 24.3 Å². The highest BCUT2D eigenvalue weighted by molar-refractivity contribution is 9.10. The smallest absolute Gasteiger partial charge is 0.274 e. The molecule has 0 saturated carbocycles. The van der Waals surface area contributed by atoms with Crippen molar-refractivity contribution in [2.24, 2.45) is 5.92 Å². The minimum atomic E-state index is -0.225. The van der Waals surface area contributed by atoms with E-state index < -0.39 is 0 Å².